The highest BCUT2D eigenvalue weighted by Crippen LogP contribution is 2.05. The zero-order valence-electron chi connectivity index (χ0n) is 7.04. The summed E-state index contributed by atoms with van der Waals surface area (Å²) < 4.78 is 0. The van der Waals surface area contributed by atoms with Crippen LogP contribution in [-0.4, -0.2) is 12.6 Å². The van der Waals surface area contributed by atoms with Crippen molar-refractivity contribution in [2.75, 3.05) is 0 Å². The van der Waals surface area contributed by atoms with E-state index in [-0.39, 0.29) is 0 Å². The van der Waals surface area contributed by atoms with Crippen LogP contribution < -0.4 is 0 Å². The van der Waals surface area contributed by atoms with Crippen LogP contribution in [-0.2, 0) is 9.59 Å². The summed E-state index contributed by atoms with van der Waals surface area (Å²) in [6.07, 6.45) is 4.56. The second-order valence-corrected chi connectivity index (χ2v) is 2.81. The lowest BCUT2D eigenvalue weighted by Gasteiger charge is -1.98. The lowest BCUT2D eigenvalue weighted by molar-refractivity contribution is -0.107. The summed E-state index contributed by atoms with van der Waals surface area (Å²) in [5.41, 5.74) is 0.729. The van der Waals surface area contributed by atoms with Gasteiger partial charge in [-0.3, -0.25) is 4.79 Å². The molecule has 0 bridgehead atoms. The van der Waals surface area contributed by atoms with Crippen molar-refractivity contribution in [1.29, 1.82) is 0 Å². The molecule has 0 unspecified atom stereocenters. The van der Waals surface area contributed by atoms with E-state index in [0.29, 0.717) is 18.8 Å². The van der Waals surface area contributed by atoms with Gasteiger partial charge in [0.2, 0.25) is 0 Å². The van der Waals surface area contributed by atoms with E-state index in [1.165, 1.54) is 0 Å². The molecule has 0 N–H and O–H groups in total. The summed E-state index contributed by atoms with van der Waals surface area (Å²) >= 11 is 0. The second-order valence-electron chi connectivity index (χ2n) is 2.81. The zero-order valence-corrected chi connectivity index (χ0v) is 7.04. The van der Waals surface area contributed by atoms with E-state index in [1.807, 2.05) is 19.9 Å². The molecule has 0 spiro atoms. The van der Waals surface area contributed by atoms with E-state index in [4.69, 9.17) is 0 Å². The van der Waals surface area contributed by atoms with Gasteiger partial charge >= 0.3 is 0 Å². The van der Waals surface area contributed by atoms with Crippen molar-refractivity contribution in [3.63, 3.8) is 0 Å². The van der Waals surface area contributed by atoms with Gasteiger partial charge in [0.15, 0.2) is 0 Å². The highest BCUT2D eigenvalue weighted by atomic mass is 16.1. The average molecular weight is 154 g/mol. The van der Waals surface area contributed by atoms with Gasteiger partial charge in [0, 0.05) is 6.42 Å². The second kappa shape index (κ2) is 5.83. The lowest BCUT2D eigenvalue weighted by atomic mass is 10.1. The molecule has 2 nitrogen and oxygen atoms in total. The van der Waals surface area contributed by atoms with Crippen molar-refractivity contribution in [2.45, 2.75) is 26.7 Å². The average Bonchev–Trinajstić information content (AvgIpc) is 1.97. The lowest BCUT2D eigenvalue weighted by Crippen LogP contribution is -1.90. The molecular weight excluding hydrogens is 140 g/mol. The number of carbonyl (C=O) groups excluding carboxylic acids is 2. The van der Waals surface area contributed by atoms with Gasteiger partial charge in [-0.2, -0.15) is 0 Å². The third kappa shape index (κ3) is 5.52. The summed E-state index contributed by atoms with van der Waals surface area (Å²) in [7, 11) is 0. The topological polar surface area (TPSA) is 34.1 Å². The molecule has 0 saturated heterocycles. The fraction of sp³-hybridized carbons (Fsp3) is 0.556. The van der Waals surface area contributed by atoms with E-state index in [0.717, 1.165) is 18.1 Å². The molecule has 0 radical (unpaired) electrons. The molecule has 0 atom stereocenters. The predicted molar refractivity (Wildman–Crippen MR) is 44.3 cm³/mol. The normalized spacial score (nSPS) is 11.7. The van der Waals surface area contributed by atoms with E-state index < -0.39 is 0 Å². The van der Waals surface area contributed by atoms with Crippen molar-refractivity contribution in [3.8, 4) is 0 Å². The molecule has 11 heavy (non-hydrogen) atoms. The summed E-state index contributed by atoms with van der Waals surface area (Å²) in [6, 6.07) is 0. The van der Waals surface area contributed by atoms with Gasteiger partial charge in [-0.1, -0.05) is 19.9 Å². The van der Waals surface area contributed by atoms with E-state index in [1.54, 1.807) is 0 Å². The van der Waals surface area contributed by atoms with Crippen LogP contribution in [0.2, 0.25) is 0 Å². The molecule has 0 aliphatic carbocycles. The molecule has 0 fully saturated rings. The van der Waals surface area contributed by atoms with Crippen molar-refractivity contribution in [1.82, 2.24) is 0 Å². The number of aldehydes is 2. The minimum atomic E-state index is 0.377. The Balaban J connectivity index is 3.93. The predicted octanol–water partition coefficient (Wildman–Crippen LogP) is 1.75. The van der Waals surface area contributed by atoms with Gasteiger partial charge in [0.25, 0.3) is 0 Å². The number of allylic oxidation sites excluding steroid dienone is 2. The third-order valence-electron chi connectivity index (χ3n) is 1.25. The summed E-state index contributed by atoms with van der Waals surface area (Å²) in [6.45, 7) is 4.01. The Morgan fingerprint density at radius 2 is 2.00 bits per heavy atom. The van der Waals surface area contributed by atoms with Gasteiger partial charge in [-0.15, -0.1) is 0 Å². The van der Waals surface area contributed by atoms with Crippen LogP contribution in [0.4, 0.5) is 0 Å². The van der Waals surface area contributed by atoms with Crippen LogP contribution in [0, 0.1) is 5.92 Å². The molecule has 0 aromatic carbocycles. The first-order valence-corrected chi connectivity index (χ1v) is 3.80. The van der Waals surface area contributed by atoms with Crippen LogP contribution in [0.3, 0.4) is 0 Å². The van der Waals surface area contributed by atoms with Crippen LogP contribution >= 0.6 is 0 Å². The van der Waals surface area contributed by atoms with Crippen LogP contribution in [0.15, 0.2) is 11.6 Å². The van der Waals surface area contributed by atoms with Crippen molar-refractivity contribution in [3.05, 3.63) is 11.6 Å². The molecule has 0 saturated carbocycles. The Kier molecular flexibility index (Phi) is 5.35. The Hall–Kier alpha value is -0.920. The van der Waals surface area contributed by atoms with Crippen molar-refractivity contribution >= 4 is 12.6 Å². The molecule has 0 heterocycles. The fourth-order valence-electron chi connectivity index (χ4n) is 0.835. The molecule has 62 valence electrons. The number of rotatable bonds is 5. The Labute approximate surface area is 67.3 Å². The summed E-state index contributed by atoms with van der Waals surface area (Å²) in [4.78, 5) is 20.3. The number of hydrogen-bond acceptors (Lipinski definition) is 2. The number of carbonyl (C=O) groups is 2. The number of hydrogen-bond donors (Lipinski definition) is 0. The smallest absolute Gasteiger partial charge is 0.145 e. The minimum Gasteiger partial charge on any atom is -0.303 e. The quantitative estimate of drug-likeness (QED) is 0.446. The highest BCUT2D eigenvalue weighted by Gasteiger charge is 1.95. The zero-order chi connectivity index (χ0) is 8.69. The maximum Gasteiger partial charge on any atom is 0.145 e. The van der Waals surface area contributed by atoms with Crippen LogP contribution in [0.1, 0.15) is 26.7 Å². The van der Waals surface area contributed by atoms with E-state index in [2.05, 4.69) is 0 Å². The van der Waals surface area contributed by atoms with Gasteiger partial charge in [-0.25, -0.2) is 0 Å². The van der Waals surface area contributed by atoms with E-state index >= 15 is 0 Å². The molecular formula is C9H14O2. The van der Waals surface area contributed by atoms with Crippen LogP contribution in [0.25, 0.3) is 0 Å². The Morgan fingerprint density at radius 3 is 2.36 bits per heavy atom. The molecule has 0 aliphatic rings. The molecule has 0 amide bonds. The maximum atomic E-state index is 10.4. The molecule has 0 aromatic rings. The SMILES string of the molecule is CC(C)/C=C(/C=O)CCC=O. The first-order chi connectivity index (χ1) is 5.20. The Morgan fingerprint density at radius 1 is 1.36 bits per heavy atom. The van der Waals surface area contributed by atoms with Gasteiger partial charge in [0.1, 0.15) is 12.6 Å². The summed E-state index contributed by atoms with van der Waals surface area (Å²) in [5, 5.41) is 0. The van der Waals surface area contributed by atoms with Crippen molar-refractivity contribution < 1.29 is 9.59 Å². The highest BCUT2D eigenvalue weighted by molar-refractivity contribution is 5.73. The van der Waals surface area contributed by atoms with E-state index in [9.17, 15) is 9.59 Å². The first kappa shape index (κ1) is 10.1. The monoisotopic (exact) mass is 154 g/mol. The standard InChI is InChI=1S/C9H14O2/c1-8(2)6-9(7-11)4-3-5-10/h5-8H,3-4H2,1-2H3/b9-6+. The van der Waals surface area contributed by atoms with Crippen molar-refractivity contribution in [2.24, 2.45) is 5.92 Å². The van der Waals surface area contributed by atoms with Gasteiger partial charge < -0.3 is 4.79 Å². The Bertz CT molecular complexity index is 157. The minimum absolute atomic E-state index is 0.377. The van der Waals surface area contributed by atoms with Gasteiger partial charge in [-0.05, 0) is 17.9 Å². The molecule has 0 aliphatic heterocycles. The largest absolute Gasteiger partial charge is 0.303 e. The first-order valence-electron chi connectivity index (χ1n) is 3.80. The maximum absolute atomic E-state index is 10.4. The fourth-order valence-corrected chi connectivity index (χ4v) is 0.835. The molecule has 0 rings (SSSR count). The molecule has 0 aromatic heterocycles. The summed E-state index contributed by atoms with van der Waals surface area (Å²) in [5.74, 6) is 0.377. The van der Waals surface area contributed by atoms with Gasteiger partial charge in [0.05, 0.1) is 0 Å². The van der Waals surface area contributed by atoms with Crippen LogP contribution in [0.5, 0.6) is 0 Å². The third-order valence-corrected chi connectivity index (χ3v) is 1.25. The molecule has 2 heteroatoms.